The standard InChI is InChI=1S/C15H32N2O2S/c1-13(2)8-12(9-14(3,4)10-13)16-11-15(5,6)17-20(7,18)19/h12,16-17H,8-11H2,1-7H3. The largest absolute Gasteiger partial charge is 0.312 e. The average molecular weight is 305 g/mol. The Labute approximate surface area is 125 Å². The Bertz CT molecular complexity index is 423. The van der Waals surface area contributed by atoms with E-state index in [4.69, 9.17) is 0 Å². The summed E-state index contributed by atoms with van der Waals surface area (Å²) in [7, 11) is -3.17. The van der Waals surface area contributed by atoms with Crippen molar-refractivity contribution < 1.29 is 8.42 Å². The maximum absolute atomic E-state index is 11.4. The molecular formula is C15H32N2O2S. The van der Waals surface area contributed by atoms with E-state index in [0.717, 1.165) is 12.8 Å². The Balaban J connectivity index is 2.61. The van der Waals surface area contributed by atoms with Crippen LogP contribution in [0.4, 0.5) is 0 Å². The highest BCUT2D eigenvalue weighted by atomic mass is 32.2. The molecule has 0 radical (unpaired) electrons. The van der Waals surface area contributed by atoms with Crippen LogP contribution in [0.25, 0.3) is 0 Å². The van der Waals surface area contributed by atoms with Gasteiger partial charge in [-0.25, -0.2) is 13.1 Å². The average Bonchev–Trinajstić information content (AvgIpc) is 2.05. The van der Waals surface area contributed by atoms with Gasteiger partial charge in [0.1, 0.15) is 0 Å². The fourth-order valence-corrected chi connectivity index (χ4v) is 5.00. The molecule has 20 heavy (non-hydrogen) atoms. The van der Waals surface area contributed by atoms with Crippen molar-refractivity contribution in [2.75, 3.05) is 12.8 Å². The first-order valence-electron chi connectivity index (χ1n) is 7.42. The molecule has 1 saturated carbocycles. The molecule has 2 N–H and O–H groups in total. The van der Waals surface area contributed by atoms with Crippen molar-refractivity contribution in [3.05, 3.63) is 0 Å². The van der Waals surface area contributed by atoms with Crippen molar-refractivity contribution >= 4 is 10.0 Å². The zero-order valence-corrected chi connectivity index (χ0v) is 14.9. The van der Waals surface area contributed by atoms with Crippen LogP contribution in [0.3, 0.4) is 0 Å². The zero-order valence-electron chi connectivity index (χ0n) is 14.1. The van der Waals surface area contributed by atoms with E-state index in [1.165, 1.54) is 12.7 Å². The molecule has 0 saturated heterocycles. The smallest absolute Gasteiger partial charge is 0.209 e. The van der Waals surface area contributed by atoms with Crippen molar-refractivity contribution in [2.45, 2.75) is 72.4 Å². The second-order valence-electron chi connectivity index (χ2n) is 8.75. The first-order valence-corrected chi connectivity index (χ1v) is 9.31. The molecule has 0 heterocycles. The fourth-order valence-electron chi connectivity index (χ4n) is 3.93. The molecule has 0 amide bonds. The first-order chi connectivity index (χ1) is 8.70. The van der Waals surface area contributed by atoms with Gasteiger partial charge in [0.15, 0.2) is 0 Å². The van der Waals surface area contributed by atoms with Crippen LogP contribution >= 0.6 is 0 Å². The SMILES string of the molecule is CC1(C)CC(NCC(C)(C)NS(C)(=O)=O)CC(C)(C)C1. The van der Waals surface area contributed by atoms with Crippen molar-refractivity contribution in [2.24, 2.45) is 10.8 Å². The molecule has 4 nitrogen and oxygen atoms in total. The van der Waals surface area contributed by atoms with Gasteiger partial charge in [0.05, 0.1) is 6.26 Å². The lowest BCUT2D eigenvalue weighted by molar-refractivity contribution is 0.0828. The van der Waals surface area contributed by atoms with Gasteiger partial charge in [-0.3, -0.25) is 0 Å². The van der Waals surface area contributed by atoms with Crippen molar-refractivity contribution in [3.8, 4) is 0 Å². The van der Waals surface area contributed by atoms with E-state index < -0.39 is 15.6 Å². The van der Waals surface area contributed by atoms with Gasteiger partial charge in [0, 0.05) is 18.1 Å². The minimum atomic E-state index is -3.17. The minimum Gasteiger partial charge on any atom is -0.312 e. The molecule has 1 fully saturated rings. The summed E-state index contributed by atoms with van der Waals surface area (Å²) < 4.78 is 25.4. The quantitative estimate of drug-likeness (QED) is 0.820. The first kappa shape index (κ1) is 17.9. The van der Waals surface area contributed by atoms with Crippen LogP contribution in [-0.4, -0.2) is 32.8 Å². The second-order valence-corrected chi connectivity index (χ2v) is 10.5. The van der Waals surface area contributed by atoms with E-state index in [0.29, 0.717) is 23.4 Å². The topological polar surface area (TPSA) is 58.2 Å². The minimum absolute atomic E-state index is 0.341. The molecule has 120 valence electrons. The summed E-state index contributed by atoms with van der Waals surface area (Å²) in [6, 6.07) is 0.453. The summed E-state index contributed by atoms with van der Waals surface area (Å²) in [4.78, 5) is 0. The molecule has 0 unspecified atom stereocenters. The van der Waals surface area contributed by atoms with Crippen molar-refractivity contribution in [1.29, 1.82) is 0 Å². The van der Waals surface area contributed by atoms with Crippen LogP contribution in [0.2, 0.25) is 0 Å². The van der Waals surface area contributed by atoms with Crippen LogP contribution in [-0.2, 0) is 10.0 Å². The number of hydrogen-bond donors (Lipinski definition) is 2. The molecule has 0 aromatic rings. The van der Waals surface area contributed by atoms with Gasteiger partial charge in [-0.1, -0.05) is 27.7 Å². The monoisotopic (exact) mass is 304 g/mol. The molecule has 1 rings (SSSR count). The van der Waals surface area contributed by atoms with E-state index in [9.17, 15) is 8.42 Å². The second kappa shape index (κ2) is 5.58. The summed E-state index contributed by atoms with van der Waals surface area (Å²) in [5, 5.41) is 3.57. The number of hydrogen-bond acceptors (Lipinski definition) is 3. The van der Waals surface area contributed by atoms with Gasteiger partial charge < -0.3 is 5.32 Å². The molecule has 0 bridgehead atoms. The van der Waals surface area contributed by atoms with Crippen LogP contribution in [0.1, 0.15) is 60.8 Å². The summed E-state index contributed by atoms with van der Waals surface area (Å²) in [5.74, 6) is 0. The lowest BCUT2D eigenvalue weighted by Crippen LogP contribution is -2.54. The fraction of sp³-hybridized carbons (Fsp3) is 1.00. The molecule has 0 aliphatic heterocycles. The summed E-state index contributed by atoms with van der Waals surface area (Å²) >= 11 is 0. The van der Waals surface area contributed by atoms with Gasteiger partial charge in [-0.2, -0.15) is 0 Å². The van der Waals surface area contributed by atoms with E-state index in [-0.39, 0.29) is 0 Å². The lowest BCUT2D eigenvalue weighted by Gasteiger charge is -2.46. The molecular weight excluding hydrogens is 272 g/mol. The Morgan fingerprint density at radius 1 is 1.10 bits per heavy atom. The highest BCUT2D eigenvalue weighted by Crippen LogP contribution is 2.45. The summed E-state index contributed by atoms with van der Waals surface area (Å²) in [5.41, 5.74) is 0.223. The van der Waals surface area contributed by atoms with Gasteiger partial charge in [-0.05, 0) is 43.9 Å². The molecule has 0 aromatic heterocycles. The lowest BCUT2D eigenvalue weighted by atomic mass is 9.63. The van der Waals surface area contributed by atoms with Gasteiger partial charge in [0.25, 0.3) is 0 Å². The van der Waals surface area contributed by atoms with E-state index >= 15 is 0 Å². The van der Waals surface area contributed by atoms with Gasteiger partial charge in [-0.15, -0.1) is 0 Å². The predicted octanol–water partition coefficient (Wildman–Crippen LogP) is 2.51. The molecule has 5 heteroatoms. The Hall–Kier alpha value is -0.130. The molecule has 1 aliphatic rings. The molecule has 0 aromatic carbocycles. The predicted molar refractivity (Wildman–Crippen MR) is 85.3 cm³/mol. The highest BCUT2D eigenvalue weighted by Gasteiger charge is 2.38. The third-order valence-corrected chi connectivity index (χ3v) is 4.77. The summed E-state index contributed by atoms with van der Waals surface area (Å²) in [6.45, 7) is 13.8. The van der Waals surface area contributed by atoms with Gasteiger partial charge >= 0.3 is 0 Å². The van der Waals surface area contributed by atoms with Crippen LogP contribution in [0.5, 0.6) is 0 Å². The molecule has 0 atom stereocenters. The van der Waals surface area contributed by atoms with E-state index in [2.05, 4.69) is 37.7 Å². The normalized spacial score (nSPS) is 23.8. The Kier molecular flexibility index (Phi) is 5.00. The number of rotatable bonds is 5. The maximum Gasteiger partial charge on any atom is 0.209 e. The summed E-state index contributed by atoms with van der Waals surface area (Å²) in [6.07, 6.45) is 4.74. The Morgan fingerprint density at radius 2 is 1.55 bits per heavy atom. The van der Waals surface area contributed by atoms with Gasteiger partial charge in [0.2, 0.25) is 10.0 Å². The number of sulfonamides is 1. The van der Waals surface area contributed by atoms with Crippen LogP contribution in [0.15, 0.2) is 0 Å². The molecule has 1 aliphatic carbocycles. The third kappa shape index (κ3) is 6.55. The third-order valence-electron chi connectivity index (χ3n) is 3.85. The van der Waals surface area contributed by atoms with Crippen molar-refractivity contribution in [1.82, 2.24) is 10.0 Å². The molecule has 0 spiro atoms. The number of nitrogens with one attached hydrogen (secondary N) is 2. The maximum atomic E-state index is 11.4. The van der Waals surface area contributed by atoms with E-state index in [1.807, 2.05) is 13.8 Å². The highest BCUT2D eigenvalue weighted by molar-refractivity contribution is 7.88. The van der Waals surface area contributed by atoms with Crippen LogP contribution < -0.4 is 10.0 Å². The zero-order chi connectivity index (χ0) is 15.8. The Morgan fingerprint density at radius 3 is 1.95 bits per heavy atom. The van der Waals surface area contributed by atoms with E-state index in [1.54, 1.807) is 0 Å². The van der Waals surface area contributed by atoms with Crippen molar-refractivity contribution in [3.63, 3.8) is 0 Å². The van der Waals surface area contributed by atoms with Crippen LogP contribution in [0, 0.1) is 10.8 Å².